The second-order valence-corrected chi connectivity index (χ2v) is 3.87. The predicted molar refractivity (Wildman–Crippen MR) is 58.7 cm³/mol. The van der Waals surface area contributed by atoms with Crippen LogP contribution in [0, 0.1) is 0 Å². The summed E-state index contributed by atoms with van der Waals surface area (Å²) < 4.78 is 5.37. The van der Waals surface area contributed by atoms with Gasteiger partial charge < -0.3 is 4.74 Å². The van der Waals surface area contributed by atoms with Crippen LogP contribution in [0.4, 0.5) is 0 Å². The van der Waals surface area contributed by atoms with Crippen LogP contribution in [0.15, 0.2) is 29.7 Å². The topological polar surface area (TPSA) is 9.23 Å². The standard InChI is InChI=1S/C10H13ClOS/c11-6-1-2-7-12-8-5-10-4-3-9-13-10/h1-4,9H,5-8H2. The summed E-state index contributed by atoms with van der Waals surface area (Å²) in [5.74, 6) is 0.564. The molecule has 0 amide bonds. The van der Waals surface area contributed by atoms with Gasteiger partial charge in [-0.25, -0.2) is 0 Å². The molecule has 0 aliphatic carbocycles. The summed E-state index contributed by atoms with van der Waals surface area (Å²) in [7, 11) is 0. The molecule has 0 N–H and O–H groups in total. The van der Waals surface area contributed by atoms with Gasteiger partial charge in [0, 0.05) is 17.2 Å². The number of ether oxygens (including phenoxy) is 1. The van der Waals surface area contributed by atoms with E-state index in [2.05, 4.69) is 17.5 Å². The van der Waals surface area contributed by atoms with E-state index in [1.54, 1.807) is 11.3 Å². The monoisotopic (exact) mass is 216 g/mol. The Labute approximate surface area is 88.0 Å². The summed E-state index contributed by atoms with van der Waals surface area (Å²) >= 11 is 7.23. The molecule has 0 saturated heterocycles. The third kappa shape index (κ3) is 5.09. The smallest absolute Gasteiger partial charge is 0.0648 e. The van der Waals surface area contributed by atoms with E-state index in [9.17, 15) is 0 Å². The third-order valence-electron chi connectivity index (χ3n) is 1.54. The maximum absolute atomic E-state index is 5.45. The van der Waals surface area contributed by atoms with Gasteiger partial charge in [-0.1, -0.05) is 18.2 Å². The van der Waals surface area contributed by atoms with E-state index in [1.165, 1.54) is 4.88 Å². The van der Waals surface area contributed by atoms with E-state index in [-0.39, 0.29) is 0 Å². The van der Waals surface area contributed by atoms with Crippen molar-refractivity contribution in [1.29, 1.82) is 0 Å². The lowest BCUT2D eigenvalue weighted by Gasteiger charge is -1.98. The van der Waals surface area contributed by atoms with Crippen molar-refractivity contribution in [3.63, 3.8) is 0 Å². The van der Waals surface area contributed by atoms with Crippen molar-refractivity contribution < 1.29 is 4.74 Å². The molecule has 1 aromatic rings. The van der Waals surface area contributed by atoms with Crippen molar-refractivity contribution in [2.24, 2.45) is 0 Å². The fraction of sp³-hybridized carbons (Fsp3) is 0.400. The summed E-state index contributed by atoms with van der Waals surface area (Å²) in [6.45, 7) is 1.45. The van der Waals surface area contributed by atoms with E-state index in [0.717, 1.165) is 13.0 Å². The van der Waals surface area contributed by atoms with Gasteiger partial charge in [0.2, 0.25) is 0 Å². The lowest BCUT2D eigenvalue weighted by atomic mass is 10.4. The Balaban J connectivity index is 1.99. The fourth-order valence-electron chi connectivity index (χ4n) is 0.910. The van der Waals surface area contributed by atoms with Crippen molar-refractivity contribution in [1.82, 2.24) is 0 Å². The summed E-state index contributed by atoms with van der Waals surface area (Å²) in [5.41, 5.74) is 0. The molecule has 0 aliphatic heterocycles. The van der Waals surface area contributed by atoms with Crippen LogP contribution < -0.4 is 0 Å². The van der Waals surface area contributed by atoms with E-state index in [0.29, 0.717) is 12.5 Å². The van der Waals surface area contributed by atoms with Gasteiger partial charge >= 0.3 is 0 Å². The zero-order valence-corrected chi connectivity index (χ0v) is 8.98. The molecule has 1 heterocycles. The van der Waals surface area contributed by atoms with Gasteiger partial charge in [0.1, 0.15) is 0 Å². The molecule has 3 heteroatoms. The zero-order valence-electron chi connectivity index (χ0n) is 7.41. The molecular weight excluding hydrogens is 204 g/mol. The van der Waals surface area contributed by atoms with Gasteiger partial charge in [0.25, 0.3) is 0 Å². The molecule has 1 rings (SSSR count). The van der Waals surface area contributed by atoms with Crippen LogP contribution in [0.2, 0.25) is 0 Å². The van der Waals surface area contributed by atoms with Crippen LogP contribution in [0.5, 0.6) is 0 Å². The Morgan fingerprint density at radius 3 is 3.08 bits per heavy atom. The number of alkyl halides is 1. The Kier molecular flexibility index (Phi) is 5.90. The highest BCUT2D eigenvalue weighted by atomic mass is 35.5. The number of rotatable bonds is 6. The number of halogens is 1. The average Bonchev–Trinajstić information content (AvgIpc) is 2.63. The van der Waals surface area contributed by atoms with Gasteiger partial charge in [0.15, 0.2) is 0 Å². The van der Waals surface area contributed by atoms with E-state index < -0.39 is 0 Å². The largest absolute Gasteiger partial charge is 0.377 e. The summed E-state index contributed by atoms with van der Waals surface area (Å²) in [4.78, 5) is 1.38. The summed E-state index contributed by atoms with van der Waals surface area (Å²) in [6, 6.07) is 4.19. The fourth-order valence-corrected chi connectivity index (χ4v) is 1.73. The lowest BCUT2D eigenvalue weighted by Crippen LogP contribution is -1.96. The normalized spacial score (nSPS) is 11.2. The first-order valence-corrected chi connectivity index (χ1v) is 5.66. The molecule has 0 aliphatic rings. The molecule has 0 radical (unpaired) electrons. The van der Waals surface area contributed by atoms with Gasteiger partial charge in [0.05, 0.1) is 13.2 Å². The van der Waals surface area contributed by atoms with Gasteiger partial charge in [-0.2, -0.15) is 0 Å². The Hall–Kier alpha value is -0.310. The zero-order chi connectivity index (χ0) is 9.36. The first-order valence-electron chi connectivity index (χ1n) is 4.24. The van der Waals surface area contributed by atoms with E-state index >= 15 is 0 Å². The van der Waals surface area contributed by atoms with Crippen molar-refractivity contribution in [3.05, 3.63) is 34.5 Å². The SMILES string of the molecule is ClCC=CCOCCc1cccs1. The van der Waals surface area contributed by atoms with Crippen LogP contribution in [0.25, 0.3) is 0 Å². The molecule has 0 aromatic carbocycles. The van der Waals surface area contributed by atoms with Crippen molar-refractivity contribution in [2.75, 3.05) is 19.1 Å². The molecule has 1 nitrogen and oxygen atoms in total. The first kappa shape index (κ1) is 10.8. The minimum atomic E-state index is 0.564. The van der Waals surface area contributed by atoms with Gasteiger partial charge in [-0.05, 0) is 11.4 Å². The van der Waals surface area contributed by atoms with Crippen molar-refractivity contribution in [3.8, 4) is 0 Å². The van der Waals surface area contributed by atoms with Crippen LogP contribution in [0.3, 0.4) is 0 Å². The third-order valence-corrected chi connectivity index (χ3v) is 2.66. The molecule has 0 bridgehead atoms. The molecule has 0 atom stereocenters. The molecular formula is C10H13ClOS. The van der Waals surface area contributed by atoms with Crippen LogP contribution in [-0.2, 0) is 11.2 Å². The van der Waals surface area contributed by atoms with Crippen LogP contribution in [-0.4, -0.2) is 19.1 Å². The van der Waals surface area contributed by atoms with Gasteiger partial charge in [-0.15, -0.1) is 22.9 Å². The Morgan fingerprint density at radius 2 is 2.38 bits per heavy atom. The number of hydrogen-bond acceptors (Lipinski definition) is 2. The second kappa shape index (κ2) is 7.13. The molecule has 0 saturated carbocycles. The molecule has 1 aromatic heterocycles. The lowest BCUT2D eigenvalue weighted by molar-refractivity contribution is 0.166. The highest BCUT2D eigenvalue weighted by molar-refractivity contribution is 7.09. The first-order chi connectivity index (χ1) is 6.43. The molecule has 0 spiro atoms. The van der Waals surface area contributed by atoms with Crippen molar-refractivity contribution in [2.45, 2.75) is 6.42 Å². The van der Waals surface area contributed by atoms with Crippen molar-refractivity contribution >= 4 is 22.9 Å². The predicted octanol–water partition coefficient (Wildman–Crippen LogP) is 3.10. The maximum atomic E-state index is 5.45. The summed E-state index contributed by atoms with van der Waals surface area (Å²) in [5, 5.41) is 2.09. The average molecular weight is 217 g/mol. The minimum Gasteiger partial charge on any atom is -0.377 e. The van der Waals surface area contributed by atoms with Crippen LogP contribution in [0.1, 0.15) is 4.88 Å². The van der Waals surface area contributed by atoms with Crippen LogP contribution >= 0.6 is 22.9 Å². The highest BCUT2D eigenvalue weighted by Gasteiger charge is 1.91. The van der Waals surface area contributed by atoms with E-state index in [4.69, 9.17) is 16.3 Å². The highest BCUT2D eigenvalue weighted by Crippen LogP contribution is 2.08. The molecule has 72 valence electrons. The van der Waals surface area contributed by atoms with Gasteiger partial charge in [-0.3, -0.25) is 0 Å². The van der Waals surface area contributed by atoms with E-state index in [1.807, 2.05) is 12.2 Å². The number of allylic oxidation sites excluding steroid dienone is 1. The number of hydrogen-bond donors (Lipinski definition) is 0. The number of thiophene rings is 1. The molecule has 0 fully saturated rings. The molecule has 13 heavy (non-hydrogen) atoms. The minimum absolute atomic E-state index is 0.564. The maximum Gasteiger partial charge on any atom is 0.0648 e. The second-order valence-electron chi connectivity index (χ2n) is 2.53. The summed E-state index contributed by atoms with van der Waals surface area (Å²) in [6.07, 6.45) is 4.85. The Morgan fingerprint density at radius 1 is 1.46 bits per heavy atom. The Bertz CT molecular complexity index is 231. The molecule has 0 unspecified atom stereocenters. The quantitative estimate of drug-likeness (QED) is 0.404.